The highest BCUT2D eigenvalue weighted by molar-refractivity contribution is 7.17. The summed E-state index contributed by atoms with van der Waals surface area (Å²) in [6.45, 7) is 4.72. The summed E-state index contributed by atoms with van der Waals surface area (Å²) in [4.78, 5) is 8.18. The highest BCUT2D eigenvalue weighted by Gasteiger charge is 2.31. The number of thiazole rings is 1. The van der Waals surface area contributed by atoms with Crippen LogP contribution in [0, 0.1) is 0 Å². The first-order chi connectivity index (χ1) is 13.2. The van der Waals surface area contributed by atoms with Crippen molar-refractivity contribution in [1.29, 1.82) is 0 Å². The molecule has 1 unspecified atom stereocenters. The minimum absolute atomic E-state index is 0.0601. The highest BCUT2D eigenvalue weighted by atomic mass is 32.1. The molecule has 27 heavy (non-hydrogen) atoms. The molecule has 0 amide bonds. The normalized spacial score (nSPS) is 16.1. The summed E-state index contributed by atoms with van der Waals surface area (Å²) >= 11 is 1.48. The second kappa shape index (κ2) is 7.74. The maximum atomic E-state index is 10.8. The van der Waals surface area contributed by atoms with Crippen molar-refractivity contribution in [2.45, 2.75) is 32.2 Å². The predicted molar refractivity (Wildman–Crippen MR) is 104 cm³/mol. The number of likely N-dealkylation sites (tertiary alicyclic amines) is 1. The van der Waals surface area contributed by atoms with Gasteiger partial charge in [-0.1, -0.05) is 24.3 Å². The van der Waals surface area contributed by atoms with Crippen molar-refractivity contribution < 1.29 is 14.6 Å². The fourth-order valence-corrected chi connectivity index (χ4v) is 4.68. The van der Waals surface area contributed by atoms with Gasteiger partial charge in [0, 0.05) is 0 Å². The molecule has 1 atom stereocenters. The standard InChI is InChI=1S/C19H24N4O3S/c1-3-10-26-14-7-6-13(11-15(14)25-2)16(22-8-4-5-9-22)17-18(24)23-19(27-17)20-12-21-23/h6-7,11-12,16,24H,3-5,8-10H2,1-2H3. The van der Waals surface area contributed by atoms with Crippen LogP contribution in [0.3, 0.4) is 0 Å². The molecule has 0 bridgehead atoms. The van der Waals surface area contributed by atoms with E-state index in [0.29, 0.717) is 17.3 Å². The number of nitrogens with zero attached hydrogens (tertiary/aromatic N) is 4. The lowest BCUT2D eigenvalue weighted by Crippen LogP contribution is -2.26. The highest BCUT2D eigenvalue weighted by Crippen LogP contribution is 2.42. The third-order valence-corrected chi connectivity index (χ3v) is 5.94. The van der Waals surface area contributed by atoms with E-state index in [0.717, 1.165) is 48.5 Å². The van der Waals surface area contributed by atoms with E-state index in [9.17, 15) is 5.11 Å². The molecule has 2 aromatic heterocycles. The molecule has 1 saturated heterocycles. The summed E-state index contributed by atoms with van der Waals surface area (Å²) in [6.07, 6.45) is 4.72. The van der Waals surface area contributed by atoms with E-state index >= 15 is 0 Å². The second-order valence-electron chi connectivity index (χ2n) is 6.65. The zero-order valence-corrected chi connectivity index (χ0v) is 16.4. The van der Waals surface area contributed by atoms with Gasteiger partial charge in [0.15, 0.2) is 11.5 Å². The first-order valence-corrected chi connectivity index (χ1v) is 10.1. The van der Waals surface area contributed by atoms with Crippen LogP contribution in [0.1, 0.15) is 42.7 Å². The number of ether oxygens (including phenoxy) is 2. The molecule has 0 radical (unpaired) electrons. The lowest BCUT2D eigenvalue weighted by molar-refractivity contribution is 0.273. The van der Waals surface area contributed by atoms with Gasteiger partial charge in [-0.15, -0.1) is 0 Å². The van der Waals surface area contributed by atoms with Crippen LogP contribution in [-0.4, -0.2) is 51.4 Å². The third-order valence-electron chi connectivity index (χ3n) is 4.86. The monoisotopic (exact) mass is 388 g/mol. The molecule has 1 aliphatic heterocycles. The van der Waals surface area contributed by atoms with E-state index in [4.69, 9.17) is 9.47 Å². The molecule has 0 spiro atoms. The van der Waals surface area contributed by atoms with E-state index in [-0.39, 0.29) is 11.9 Å². The average Bonchev–Trinajstić information content (AvgIpc) is 3.42. The van der Waals surface area contributed by atoms with Crippen molar-refractivity contribution in [1.82, 2.24) is 19.5 Å². The summed E-state index contributed by atoms with van der Waals surface area (Å²) in [5.74, 6) is 1.62. The number of aromatic hydroxyl groups is 1. The van der Waals surface area contributed by atoms with Crippen LogP contribution in [-0.2, 0) is 0 Å². The molecule has 3 heterocycles. The van der Waals surface area contributed by atoms with Crippen molar-refractivity contribution >= 4 is 16.3 Å². The van der Waals surface area contributed by atoms with Crippen molar-refractivity contribution in [2.24, 2.45) is 0 Å². The molecule has 144 valence electrons. The number of hydrogen-bond donors (Lipinski definition) is 1. The Morgan fingerprint density at radius 2 is 2.07 bits per heavy atom. The molecule has 3 aromatic rings. The number of fused-ring (bicyclic) bond motifs is 1. The predicted octanol–water partition coefficient (Wildman–Crippen LogP) is 3.48. The molecule has 8 heteroatoms. The molecule has 7 nitrogen and oxygen atoms in total. The summed E-state index contributed by atoms with van der Waals surface area (Å²) in [5.41, 5.74) is 1.07. The van der Waals surface area contributed by atoms with E-state index < -0.39 is 0 Å². The molecular weight excluding hydrogens is 364 g/mol. The molecule has 1 fully saturated rings. The quantitative estimate of drug-likeness (QED) is 0.668. The van der Waals surface area contributed by atoms with E-state index in [1.165, 1.54) is 22.2 Å². The molecular formula is C19H24N4O3S. The Balaban J connectivity index is 1.77. The van der Waals surface area contributed by atoms with Gasteiger partial charge in [-0.2, -0.15) is 9.61 Å². The van der Waals surface area contributed by atoms with Crippen molar-refractivity contribution in [2.75, 3.05) is 26.8 Å². The Kier molecular flexibility index (Phi) is 5.18. The lowest BCUT2D eigenvalue weighted by Gasteiger charge is -2.27. The Bertz CT molecular complexity index is 917. The topological polar surface area (TPSA) is 72.1 Å². The minimum atomic E-state index is -0.0601. The van der Waals surface area contributed by atoms with Gasteiger partial charge in [-0.05, 0) is 50.0 Å². The number of aromatic nitrogens is 3. The minimum Gasteiger partial charge on any atom is -0.493 e. The van der Waals surface area contributed by atoms with Gasteiger partial charge in [0.25, 0.3) is 0 Å². The summed E-state index contributed by atoms with van der Waals surface area (Å²) in [5, 5.41) is 14.9. The summed E-state index contributed by atoms with van der Waals surface area (Å²) < 4.78 is 12.9. The third kappa shape index (κ3) is 3.35. The summed E-state index contributed by atoms with van der Waals surface area (Å²) in [6, 6.07) is 5.98. The second-order valence-corrected chi connectivity index (χ2v) is 7.66. The molecule has 4 rings (SSSR count). The van der Waals surface area contributed by atoms with Gasteiger partial charge in [-0.3, -0.25) is 4.90 Å². The first kappa shape index (κ1) is 18.1. The van der Waals surface area contributed by atoms with Gasteiger partial charge in [0.2, 0.25) is 10.8 Å². The van der Waals surface area contributed by atoms with Crippen LogP contribution in [0.25, 0.3) is 4.96 Å². The zero-order chi connectivity index (χ0) is 18.8. The van der Waals surface area contributed by atoms with Crippen molar-refractivity contribution in [3.63, 3.8) is 0 Å². The van der Waals surface area contributed by atoms with Crippen molar-refractivity contribution in [3.8, 4) is 17.4 Å². The van der Waals surface area contributed by atoms with Gasteiger partial charge in [0.1, 0.15) is 6.33 Å². The zero-order valence-electron chi connectivity index (χ0n) is 15.6. The van der Waals surface area contributed by atoms with Crippen LogP contribution in [0.4, 0.5) is 0 Å². The van der Waals surface area contributed by atoms with Gasteiger partial charge >= 0.3 is 0 Å². The first-order valence-electron chi connectivity index (χ1n) is 9.29. The Morgan fingerprint density at radius 3 is 2.78 bits per heavy atom. The van der Waals surface area contributed by atoms with Crippen LogP contribution in [0.15, 0.2) is 24.5 Å². The molecule has 0 aliphatic carbocycles. The van der Waals surface area contributed by atoms with Gasteiger partial charge in [-0.25, -0.2) is 4.98 Å². The molecule has 1 aliphatic rings. The van der Waals surface area contributed by atoms with Crippen LogP contribution in [0.2, 0.25) is 0 Å². The van der Waals surface area contributed by atoms with Gasteiger partial charge < -0.3 is 14.6 Å². The maximum Gasteiger partial charge on any atom is 0.230 e. The average molecular weight is 388 g/mol. The van der Waals surface area contributed by atoms with E-state index in [1.54, 1.807) is 7.11 Å². The molecule has 1 aromatic carbocycles. The van der Waals surface area contributed by atoms with E-state index in [1.807, 2.05) is 12.1 Å². The van der Waals surface area contributed by atoms with Crippen molar-refractivity contribution in [3.05, 3.63) is 35.0 Å². The summed E-state index contributed by atoms with van der Waals surface area (Å²) in [7, 11) is 1.66. The Morgan fingerprint density at radius 1 is 1.26 bits per heavy atom. The Labute approximate surface area is 162 Å². The number of methoxy groups -OCH3 is 1. The number of benzene rings is 1. The maximum absolute atomic E-state index is 10.8. The number of rotatable bonds is 7. The van der Waals surface area contributed by atoms with Crippen LogP contribution in [0.5, 0.6) is 17.4 Å². The lowest BCUT2D eigenvalue weighted by atomic mass is 10.0. The Hall–Kier alpha value is -2.32. The molecule has 0 saturated carbocycles. The fourth-order valence-electron chi connectivity index (χ4n) is 3.59. The molecule has 1 N–H and O–H groups in total. The smallest absolute Gasteiger partial charge is 0.230 e. The fraction of sp³-hybridized carbons (Fsp3) is 0.474. The largest absolute Gasteiger partial charge is 0.493 e. The van der Waals surface area contributed by atoms with Crippen LogP contribution < -0.4 is 9.47 Å². The van der Waals surface area contributed by atoms with E-state index in [2.05, 4.69) is 28.0 Å². The number of hydrogen-bond acceptors (Lipinski definition) is 7. The van der Waals surface area contributed by atoms with Crippen LogP contribution >= 0.6 is 11.3 Å². The SMILES string of the molecule is CCCOc1ccc(C(c2sc3ncnn3c2O)N2CCCC2)cc1OC. The van der Waals surface area contributed by atoms with Gasteiger partial charge in [0.05, 0.1) is 24.6 Å².